The molecule has 3 atom stereocenters. The van der Waals surface area contributed by atoms with Gasteiger partial charge in [0.15, 0.2) is 0 Å². The SMILES string of the molecule is NC1(Cc2cc(F)ccc2[N+](=O)[O-])CC2CCC1O2. The fourth-order valence-corrected chi connectivity index (χ4v) is 3.25. The summed E-state index contributed by atoms with van der Waals surface area (Å²) in [5.41, 5.74) is 5.99. The minimum Gasteiger partial charge on any atom is -0.373 e. The lowest BCUT2D eigenvalue weighted by molar-refractivity contribution is -0.385. The van der Waals surface area contributed by atoms with Gasteiger partial charge in [0.2, 0.25) is 0 Å². The zero-order valence-corrected chi connectivity index (χ0v) is 10.3. The van der Waals surface area contributed by atoms with Crippen LogP contribution in [0.4, 0.5) is 10.1 Å². The number of nitro groups is 1. The van der Waals surface area contributed by atoms with Crippen LogP contribution in [-0.4, -0.2) is 22.7 Å². The van der Waals surface area contributed by atoms with E-state index in [0.717, 1.165) is 18.9 Å². The molecule has 3 unspecified atom stereocenters. The second kappa shape index (κ2) is 4.25. The fraction of sp³-hybridized carbons (Fsp3) is 0.538. The van der Waals surface area contributed by atoms with Gasteiger partial charge in [-0.2, -0.15) is 0 Å². The van der Waals surface area contributed by atoms with E-state index >= 15 is 0 Å². The molecule has 0 saturated carbocycles. The molecule has 3 rings (SSSR count). The Kier molecular flexibility index (Phi) is 2.79. The Morgan fingerprint density at radius 2 is 2.32 bits per heavy atom. The van der Waals surface area contributed by atoms with Gasteiger partial charge in [-0.05, 0) is 37.8 Å². The van der Waals surface area contributed by atoms with E-state index in [1.165, 1.54) is 12.1 Å². The van der Waals surface area contributed by atoms with Crippen molar-refractivity contribution in [3.05, 3.63) is 39.7 Å². The lowest BCUT2D eigenvalue weighted by Crippen LogP contribution is -2.50. The van der Waals surface area contributed by atoms with E-state index < -0.39 is 16.3 Å². The summed E-state index contributed by atoms with van der Waals surface area (Å²) in [6.45, 7) is 0. The monoisotopic (exact) mass is 266 g/mol. The maximum absolute atomic E-state index is 13.3. The summed E-state index contributed by atoms with van der Waals surface area (Å²) in [5.74, 6) is -0.478. The van der Waals surface area contributed by atoms with Crippen LogP contribution in [0.2, 0.25) is 0 Å². The normalized spacial score (nSPS) is 32.7. The first-order valence-corrected chi connectivity index (χ1v) is 6.35. The van der Waals surface area contributed by atoms with Crippen molar-refractivity contribution < 1.29 is 14.1 Å². The molecule has 0 spiro atoms. The molecule has 0 aromatic heterocycles. The molecule has 2 saturated heterocycles. The van der Waals surface area contributed by atoms with Crippen LogP contribution in [0.3, 0.4) is 0 Å². The van der Waals surface area contributed by atoms with E-state index in [0.29, 0.717) is 12.0 Å². The Labute approximate surface area is 109 Å². The zero-order chi connectivity index (χ0) is 13.6. The van der Waals surface area contributed by atoms with Gasteiger partial charge in [-0.15, -0.1) is 0 Å². The lowest BCUT2D eigenvalue weighted by atomic mass is 9.78. The Balaban J connectivity index is 1.91. The number of halogens is 1. The molecule has 2 aliphatic heterocycles. The Morgan fingerprint density at radius 1 is 1.53 bits per heavy atom. The topological polar surface area (TPSA) is 78.4 Å². The highest BCUT2D eigenvalue weighted by molar-refractivity contribution is 5.42. The molecule has 19 heavy (non-hydrogen) atoms. The molecule has 2 N–H and O–H groups in total. The minimum absolute atomic E-state index is 0.0691. The molecule has 1 aromatic carbocycles. The van der Waals surface area contributed by atoms with Crippen molar-refractivity contribution >= 4 is 5.69 Å². The van der Waals surface area contributed by atoms with Gasteiger partial charge < -0.3 is 10.5 Å². The maximum Gasteiger partial charge on any atom is 0.272 e. The van der Waals surface area contributed by atoms with Gasteiger partial charge in [-0.25, -0.2) is 4.39 Å². The predicted octanol–water partition coefficient (Wildman–Crippen LogP) is 1.93. The first kappa shape index (κ1) is 12.5. The van der Waals surface area contributed by atoms with Crippen LogP contribution in [-0.2, 0) is 11.2 Å². The number of hydrogen-bond donors (Lipinski definition) is 1. The number of benzene rings is 1. The van der Waals surface area contributed by atoms with Crippen LogP contribution in [0.15, 0.2) is 18.2 Å². The largest absolute Gasteiger partial charge is 0.373 e. The molecular formula is C13H15FN2O3. The van der Waals surface area contributed by atoms with E-state index in [-0.39, 0.29) is 24.3 Å². The third-order valence-corrected chi connectivity index (χ3v) is 4.11. The highest BCUT2D eigenvalue weighted by Crippen LogP contribution is 2.42. The third kappa shape index (κ3) is 2.11. The first-order chi connectivity index (χ1) is 8.98. The number of rotatable bonds is 3. The lowest BCUT2D eigenvalue weighted by Gasteiger charge is -2.31. The third-order valence-electron chi connectivity index (χ3n) is 4.11. The van der Waals surface area contributed by atoms with E-state index in [1.54, 1.807) is 0 Å². The number of ether oxygens (including phenoxy) is 1. The first-order valence-electron chi connectivity index (χ1n) is 6.35. The summed E-state index contributed by atoms with van der Waals surface area (Å²) in [4.78, 5) is 10.5. The van der Waals surface area contributed by atoms with E-state index in [9.17, 15) is 14.5 Å². The second-order valence-electron chi connectivity index (χ2n) is 5.47. The summed E-state index contributed by atoms with van der Waals surface area (Å²) in [6.07, 6.45) is 2.93. The predicted molar refractivity (Wildman–Crippen MR) is 66.2 cm³/mol. The van der Waals surface area contributed by atoms with Crippen molar-refractivity contribution in [1.82, 2.24) is 0 Å². The quantitative estimate of drug-likeness (QED) is 0.669. The van der Waals surface area contributed by atoms with Gasteiger partial charge in [0.1, 0.15) is 5.82 Å². The summed E-state index contributed by atoms with van der Waals surface area (Å²) >= 11 is 0. The molecule has 2 heterocycles. The van der Waals surface area contributed by atoms with Gasteiger partial charge in [0, 0.05) is 17.2 Å². The molecule has 1 aromatic rings. The van der Waals surface area contributed by atoms with Crippen molar-refractivity contribution in [2.24, 2.45) is 5.73 Å². The molecule has 102 valence electrons. The molecule has 0 amide bonds. The number of fused-ring (bicyclic) bond motifs is 2. The molecular weight excluding hydrogens is 251 g/mol. The second-order valence-corrected chi connectivity index (χ2v) is 5.47. The van der Waals surface area contributed by atoms with Crippen molar-refractivity contribution in [2.45, 2.75) is 43.4 Å². The Bertz CT molecular complexity index is 537. The standard InChI is InChI=1S/C13H15FN2O3/c14-9-1-3-11(16(17)18)8(5-9)6-13(15)7-10-2-4-12(13)19-10/h1,3,5,10,12H,2,4,6-7,15H2. The average molecular weight is 266 g/mol. The van der Waals surface area contributed by atoms with E-state index in [4.69, 9.17) is 10.5 Å². The van der Waals surface area contributed by atoms with Gasteiger partial charge in [-0.3, -0.25) is 10.1 Å². The average Bonchev–Trinajstić information content (AvgIpc) is 2.87. The summed E-state index contributed by atoms with van der Waals surface area (Å²) in [7, 11) is 0. The van der Waals surface area contributed by atoms with Gasteiger partial charge >= 0.3 is 0 Å². The molecule has 2 bridgehead atoms. The Morgan fingerprint density at radius 3 is 2.89 bits per heavy atom. The minimum atomic E-state index is -0.610. The molecule has 2 fully saturated rings. The van der Waals surface area contributed by atoms with Gasteiger partial charge in [0.05, 0.1) is 17.1 Å². The number of nitro benzene ring substituents is 1. The summed E-state index contributed by atoms with van der Waals surface area (Å²) in [6, 6.07) is 3.50. The molecule has 2 aliphatic rings. The van der Waals surface area contributed by atoms with Crippen LogP contribution < -0.4 is 5.73 Å². The van der Waals surface area contributed by atoms with Crippen LogP contribution >= 0.6 is 0 Å². The van der Waals surface area contributed by atoms with Crippen molar-refractivity contribution in [3.63, 3.8) is 0 Å². The van der Waals surface area contributed by atoms with Crippen molar-refractivity contribution in [2.75, 3.05) is 0 Å². The smallest absolute Gasteiger partial charge is 0.272 e. The zero-order valence-electron chi connectivity index (χ0n) is 10.3. The molecule has 0 radical (unpaired) electrons. The molecule has 5 nitrogen and oxygen atoms in total. The van der Waals surface area contributed by atoms with Crippen LogP contribution in [0.5, 0.6) is 0 Å². The van der Waals surface area contributed by atoms with Crippen LogP contribution in [0.1, 0.15) is 24.8 Å². The van der Waals surface area contributed by atoms with E-state index in [1.807, 2.05) is 0 Å². The van der Waals surface area contributed by atoms with Crippen LogP contribution in [0.25, 0.3) is 0 Å². The van der Waals surface area contributed by atoms with E-state index in [2.05, 4.69) is 0 Å². The number of nitrogens with zero attached hydrogens (tertiary/aromatic N) is 1. The van der Waals surface area contributed by atoms with Crippen LogP contribution in [0, 0.1) is 15.9 Å². The molecule has 6 heteroatoms. The van der Waals surface area contributed by atoms with Crippen molar-refractivity contribution in [1.29, 1.82) is 0 Å². The van der Waals surface area contributed by atoms with Gasteiger partial charge in [-0.1, -0.05) is 0 Å². The van der Waals surface area contributed by atoms with Gasteiger partial charge in [0.25, 0.3) is 5.69 Å². The fourth-order valence-electron chi connectivity index (χ4n) is 3.25. The Hall–Kier alpha value is -1.53. The number of nitrogens with two attached hydrogens (primary N) is 1. The number of hydrogen-bond acceptors (Lipinski definition) is 4. The highest BCUT2D eigenvalue weighted by Gasteiger charge is 2.50. The molecule has 0 aliphatic carbocycles. The highest BCUT2D eigenvalue weighted by atomic mass is 19.1. The maximum atomic E-state index is 13.3. The van der Waals surface area contributed by atoms with Crippen molar-refractivity contribution in [3.8, 4) is 0 Å². The summed E-state index contributed by atoms with van der Waals surface area (Å²) < 4.78 is 19.0. The summed E-state index contributed by atoms with van der Waals surface area (Å²) in [5, 5.41) is 11.0.